The molecule has 1 aliphatic rings. The van der Waals surface area contributed by atoms with Crippen molar-refractivity contribution in [2.45, 2.75) is 26.7 Å². The monoisotopic (exact) mass is 139 g/mol. The topological polar surface area (TPSA) is 29.1 Å². The van der Waals surface area contributed by atoms with Gasteiger partial charge in [-0.3, -0.25) is 4.79 Å². The lowest BCUT2D eigenvalue weighted by molar-refractivity contribution is -0.126. The summed E-state index contributed by atoms with van der Waals surface area (Å²) >= 11 is 0. The van der Waals surface area contributed by atoms with Gasteiger partial charge < -0.3 is 5.32 Å². The van der Waals surface area contributed by atoms with Gasteiger partial charge in [-0.1, -0.05) is 19.9 Å². The number of rotatable bonds is 2. The highest BCUT2D eigenvalue weighted by atomic mass is 16.2. The van der Waals surface area contributed by atoms with Crippen LogP contribution in [0, 0.1) is 5.41 Å². The molecule has 0 radical (unpaired) electrons. The van der Waals surface area contributed by atoms with Crippen LogP contribution in [0.5, 0.6) is 0 Å². The zero-order valence-corrected chi connectivity index (χ0v) is 6.48. The van der Waals surface area contributed by atoms with Crippen LogP contribution in [0.3, 0.4) is 0 Å². The highest BCUT2D eigenvalue weighted by molar-refractivity contribution is 5.87. The molecular weight excluding hydrogens is 126 g/mol. The average Bonchev–Trinajstić information content (AvgIpc) is 2.32. The normalized spacial score (nSPS) is 21.2. The molecular formula is C8H13NO. The van der Waals surface area contributed by atoms with Gasteiger partial charge in [0.05, 0.1) is 5.41 Å². The predicted molar refractivity (Wildman–Crippen MR) is 40.3 cm³/mol. The van der Waals surface area contributed by atoms with E-state index in [1.807, 2.05) is 19.9 Å². The Balaban J connectivity index is 2.81. The number of carbonyl (C=O) groups is 1. The van der Waals surface area contributed by atoms with Gasteiger partial charge >= 0.3 is 0 Å². The second kappa shape index (κ2) is 2.45. The Morgan fingerprint density at radius 1 is 1.50 bits per heavy atom. The first-order chi connectivity index (χ1) is 4.75. The van der Waals surface area contributed by atoms with Crippen LogP contribution in [0.1, 0.15) is 26.7 Å². The van der Waals surface area contributed by atoms with Gasteiger partial charge in [0.25, 0.3) is 0 Å². The molecule has 0 aromatic carbocycles. The molecule has 0 saturated carbocycles. The molecule has 1 amide bonds. The van der Waals surface area contributed by atoms with Gasteiger partial charge in [-0.2, -0.15) is 0 Å². The third kappa shape index (κ3) is 0.838. The van der Waals surface area contributed by atoms with E-state index in [-0.39, 0.29) is 11.3 Å². The van der Waals surface area contributed by atoms with E-state index in [0.717, 1.165) is 12.8 Å². The molecule has 10 heavy (non-hydrogen) atoms. The van der Waals surface area contributed by atoms with Gasteiger partial charge in [-0.25, -0.2) is 0 Å². The fourth-order valence-electron chi connectivity index (χ4n) is 1.30. The molecule has 0 bridgehead atoms. The molecule has 0 saturated heterocycles. The maximum atomic E-state index is 11.2. The summed E-state index contributed by atoms with van der Waals surface area (Å²) in [6.07, 6.45) is 5.50. The van der Waals surface area contributed by atoms with Gasteiger partial charge in [0.15, 0.2) is 0 Å². The highest BCUT2D eigenvalue weighted by Gasteiger charge is 2.34. The van der Waals surface area contributed by atoms with E-state index in [4.69, 9.17) is 0 Å². The molecule has 1 aliphatic heterocycles. The molecule has 0 aromatic heterocycles. The summed E-state index contributed by atoms with van der Waals surface area (Å²) in [7, 11) is 0. The van der Waals surface area contributed by atoms with Gasteiger partial charge in [0, 0.05) is 6.20 Å². The first-order valence-corrected chi connectivity index (χ1v) is 3.74. The molecule has 0 spiro atoms. The van der Waals surface area contributed by atoms with Crippen molar-refractivity contribution in [1.82, 2.24) is 5.32 Å². The minimum atomic E-state index is -0.194. The van der Waals surface area contributed by atoms with Gasteiger partial charge in [-0.05, 0) is 12.8 Å². The van der Waals surface area contributed by atoms with Crippen LogP contribution in [-0.4, -0.2) is 5.91 Å². The summed E-state index contributed by atoms with van der Waals surface area (Å²) in [5, 5.41) is 2.69. The lowest BCUT2D eigenvalue weighted by Crippen LogP contribution is -2.30. The van der Waals surface area contributed by atoms with Gasteiger partial charge in [0.1, 0.15) is 0 Å². The first-order valence-electron chi connectivity index (χ1n) is 3.74. The van der Waals surface area contributed by atoms with E-state index in [1.54, 1.807) is 6.20 Å². The quantitative estimate of drug-likeness (QED) is 0.616. The van der Waals surface area contributed by atoms with E-state index in [9.17, 15) is 4.79 Å². The second-order valence-corrected chi connectivity index (χ2v) is 2.67. The molecule has 0 unspecified atom stereocenters. The van der Waals surface area contributed by atoms with Crippen molar-refractivity contribution in [2.75, 3.05) is 0 Å². The number of hydrogen-bond donors (Lipinski definition) is 1. The van der Waals surface area contributed by atoms with Crippen LogP contribution >= 0.6 is 0 Å². The van der Waals surface area contributed by atoms with Crippen molar-refractivity contribution in [3.05, 3.63) is 12.3 Å². The molecule has 0 aliphatic carbocycles. The van der Waals surface area contributed by atoms with Crippen molar-refractivity contribution >= 4 is 5.91 Å². The van der Waals surface area contributed by atoms with Crippen LogP contribution in [0.4, 0.5) is 0 Å². The van der Waals surface area contributed by atoms with Crippen LogP contribution in [0.15, 0.2) is 12.3 Å². The highest BCUT2D eigenvalue weighted by Crippen LogP contribution is 2.30. The van der Waals surface area contributed by atoms with E-state index in [1.165, 1.54) is 0 Å². The number of amides is 1. The molecule has 2 heteroatoms. The average molecular weight is 139 g/mol. The number of hydrogen-bond acceptors (Lipinski definition) is 1. The Morgan fingerprint density at radius 2 is 2.10 bits per heavy atom. The van der Waals surface area contributed by atoms with E-state index in [0.29, 0.717) is 0 Å². The molecule has 1 heterocycles. The molecule has 0 fully saturated rings. The van der Waals surface area contributed by atoms with E-state index in [2.05, 4.69) is 5.32 Å². The Kier molecular flexibility index (Phi) is 1.79. The maximum absolute atomic E-state index is 11.2. The minimum absolute atomic E-state index is 0.150. The second-order valence-electron chi connectivity index (χ2n) is 2.67. The first kappa shape index (κ1) is 7.32. The van der Waals surface area contributed by atoms with Crippen molar-refractivity contribution < 1.29 is 4.79 Å². The summed E-state index contributed by atoms with van der Waals surface area (Å²) in [6, 6.07) is 0. The minimum Gasteiger partial charge on any atom is -0.332 e. The summed E-state index contributed by atoms with van der Waals surface area (Å²) in [6.45, 7) is 4.08. The molecule has 0 atom stereocenters. The van der Waals surface area contributed by atoms with E-state index >= 15 is 0 Å². The Bertz CT molecular complexity index is 168. The standard InChI is InChI=1S/C8H13NO/c1-3-8(4-2)5-6-9-7(8)10/h5-6H,3-4H2,1-2H3,(H,9,10). The molecule has 1 rings (SSSR count). The summed E-state index contributed by atoms with van der Waals surface area (Å²) in [5.41, 5.74) is -0.194. The largest absolute Gasteiger partial charge is 0.332 e. The fourth-order valence-corrected chi connectivity index (χ4v) is 1.30. The van der Waals surface area contributed by atoms with Crippen LogP contribution in [0.2, 0.25) is 0 Å². The van der Waals surface area contributed by atoms with Crippen molar-refractivity contribution in [3.63, 3.8) is 0 Å². The van der Waals surface area contributed by atoms with Gasteiger partial charge in [0.2, 0.25) is 5.91 Å². The van der Waals surface area contributed by atoms with Crippen molar-refractivity contribution in [2.24, 2.45) is 5.41 Å². The van der Waals surface area contributed by atoms with Crippen molar-refractivity contribution in [1.29, 1.82) is 0 Å². The number of nitrogens with one attached hydrogen (secondary N) is 1. The van der Waals surface area contributed by atoms with Crippen LogP contribution < -0.4 is 5.32 Å². The molecule has 0 aromatic rings. The lowest BCUT2D eigenvalue weighted by atomic mass is 9.83. The van der Waals surface area contributed by atoms with E-state index < -0.39 is 0 Å². The predicted octanol–water partition coefficient (Wildman–Crippen LogP) is 1.44. The SMILES string of the molecule is CCC1(CC)C=CNC1=O. The third-order valence-corrected chi connectivity index (χ3v) is 2.33. The Labute approximate surface area is 61.3 Å². The van der Waals surface area contributed by atoms with Gasteiger partial charge in [-0.15, -0.1) is 0 Å². The smallest absolute Gasteiger partial charge is 0.233 e. The maximum Gasteiger partial charge on any atom is 0.233 e. The molecule has 1 N–H and O–H groups in total. The Hall–Kier alpha value is -0.790. The summed E-state index contributed by atoms with van der Waals surface area (Å²) in [5.74, 6) is 0.150. The van der Waals surface area contributed by atoms with Crippen molar-refractivity contribution in [3.8, 4) is 0 Å². The van der Waals surface area contributed by atoms with Crippen LogP contribution in [0.25, 0.3) is 0 Å². The molecule has 2 nitrogen and oxygen atoms in total. The summed E-state index contributed by atoms with van der Waals surface area (Å²) < 4.78 is 0. The third-order valence-electron chi connectivity index (χ3n) is 2.33. The zero-order chi connectivity index (χ0) is 7.61. The molecule has 56 valence electrons. The Morgan fingerprint density at radius 3 is 2.30 bits per heavy atom. The zero-order valence-electron chi connectivity index (χ0n) is 6.48. The van der Waals surface area contributed by atoms with Crippen LogP contribution in [-0.2, 0) is 4.79 Å². The number of carbonyl (C=O) groups excluding carboxylic acids is 1. The fraction of sp³-hybridized carbons (Fsp3) is 0.625. The summed E-state index contributed by atoms with van der Waals surface area (Å²) in [4.78, 5) is 11.2. The lowest BCUT2D eigenvalue weighted by Gasteiger charge is -2.19.